The summed E-state index contributed by atoms with van der Waals surface area (Å²) in [5.41, 5.74) is 0.423. The van der Waals surface area contributed by atoms with Gasteiger partial charge in [0.25, 0.3) is 11.1 Å². The van der Waals surface area contributed by atoms with E-state index in [1.807, 2.05) is 37.3 Å². The maximum atomic E-state index is 12.5. The van der Waals surface area contributed by atoms with Crippen molar-refractivity contribution in [3.8, 4) is 17.2 Å². The Balaban J connectivity index is 1.68. The summed E-state index contributed by atoms with van der Waals surface area (Å²) in [6.45, 7) is 2.59. The Morgan fingerprint density at radius 3 is 2.59 bits per heavy atom. The van der Waals surface area contributed by atoms with Crippen molar-refractivity contribution in [1.29, 1.82) is 0 Å². The third-order valence-corrected chi connectivity index (χ3v) is 4.72. The van der Waals surface area contributed by atoms with Crippen LogP contribution in [0.15, 0.2) is 53.4 Å². The predicted molar refractivity (Wildman–Crippen MR) is 104 cm³/mol. The Kier molecular flexibility index (Phi) is 6.03. The first-order chi connectivity index (χ1) is 13.1. The van der Waals surface area contributed by atoms with Gasteiger partial charge in [0.1, 0.15) is 12.4 Å². The number of rotatable bonds is 7. The summed E-state index contributed by atoms with van der Waals surface area (Å²) in [5.74, 6) is 0.556. The number of benzene rings is 2. The molecule has 1 aliphatic rings. The van der Waals surface area contributed by atoms with Crippen LogP contribution in [0.4, 0.5) is 4.79 Å². The second-order valence-electron chi connectivity index (χ2n) is 5.62. The summed E-state index contributed by atoms with van der Waals surface area (Å²) in [4.78, 5) is 26.1. The van der Waals surface area contributed by atoms with Crippen LogP contribution in [0, 0.1) is 0 Å². The Hall–Kier alpha value is -2.93. The van der Waals surface area contributed by atoms with Crippen LogP contribution in [0.2, 0.25) is 0 Å². The van der Waals surface area contributed by atoms with Crippen molar-refractivity contribution >= 4 is 29.0 Å². The van der Waals surface area contributed by atoms with E-state index in [0.717, 1.165) is 16.7 Å². The average molecular weight is 385 g/mol. The number of phenolic OH excluding ortho intramolecular Hbond substituents is 1. The average Bonchev–Trinajstić information content (AvgIpc) is 2.93. The first-order valence-electron chi connectivity index (χ1n) is 8.48. The minimum Gasteiger partial charge on any atom is -0.504 e. The molecule has 1 heterocycles. The van der Waals surface area contributed by atoms with Crippen LogP contribution in [0.25, 0.3) is 6.08 Å². The van der Waals surface area contributed by atoms with Gasteiger partial charge < -0.3 is 14.6 Å². The quantitative estimate of drug-likeness (QED) is 0.729. The van der Waals surface area contributed by atoms with Gasteiger partial charge in [-0.25, -0.2) is 0 Å². The zero-order chi connectivity index (χ0) is 19.2. The molecule has 1 saturated heterocycles. The van der Waals surface area contributed by atoms with Crippen molar-refractivity contribution in [3.05, 3.63) is 59.0 Å². The van der Waals surface area contributed by atoms with E-state index in [-0.39, 0.29) is 29.0 Å². The van der Waals surface area contributed by atoms with Crippen molar-refractivity contribution in [2.75, 3.05) is 19.8 Å². The molecule has 0 unspecified atom stereocenters. The van der Waals surface area contributed by atoms with Gasteiger partial charge in [0.2, 0.25) is 0 Å². The predicted octanol–water partition coefficient (Wildman–Crippen LogP) is 3.91. The highest BCUT2D eigenvalue weighted by atomic mass is 32.2. The molecule has 1 N–H and O–H groups in total. The first-order valence-corrected chi connectivity index (χ1v) is 9.29. The summed E-state index contributed by atoms with van der Waals surface area (Å²) < 4.78 is 10.9. The van der Waals surface area contributed by atoms with Crippen LogP contribution in [-0.2, 0) is 4.79 Å². The fourth-order valence-electron chi connectivity index (χ4n) is 2.53. The number of hydrogen-bond donors (Lipinski definition) is 1. The molecule has 140 valence electrons. The second-order valence-corrected chi connectivity index (χ2v) is 6.62. The molecule has 0 bridgehead atoms. The van der Waals surface area contributed by atoms with E-state index in [2.05, 4.69) is 0 Å². The molecule has 1 aliphatic heterocycles. The molecule has 2 aromatic rings. The number of hydrogen-bond acceptors (Lipinski definition) is 6. The van der Waals surface area contributed by atoms with E-state index >= 15 is 0 Å². The number of imide groups is 1. The van der Waals surface area contributed by atoms with Gasteiger partial charge >= 0.3 is 0 Å². The number of carbonyl (C=O) groups excluding carboxylic acids is 2. The molecule has 2 aromatic carbocycles. The molecule has 0 atom stereocenters. The normalized spacial score (nSPS) is 15.4. The number of para-hydroxylation sites is 2. The maximum absolute atomic E-state index is 12.5. The van der Waals surface area contributed by atoms with Crippen LogP contribution in [-0.4, -0.2) is 40.9 Å². The molecular formula is C20H19NO5S. The lowest BCUT2D eigenvalue weighted by molar-refractivity contribution is -0.123. The number of thioether (sulfide) groups is 1. The van der Waals surface area contributed by atoms with Crippen LogP contribution >= 0.6 is 11.8 Å². The Labute approximate surface area is 161 Å². The molecule has 0 aliphatic carbocycles. The molecule has 3 rings (SSSR count). The van der Waals surface area contributed by atoms with E-state index in [1.165, 1.54) is 6.08 Å². The van der Waals surface area contributed by atoms with E-state index in [0.29, 0.717) is 23.7 Å². The van der Waals surface area contributed by atoms with Crippen LogP contribution < -0.4 is 9.47 Å². The lowest BCUT2D eigenvalue weighted by atomic mass is 10.1. The lowest BCUT2D eigenvalue weighted by Gasteiger charge is -2.13. The summed E-state index contributed by atoms with van der Waals surface area (Å²) in [6.07, 6.45) is 1.50. The fraction of sp³-hybridized carbons (Fsp3) is 0.200. The van der Waals surface area contributed by atoms with E-state index in [4.69, 9.17) is 9.47 Å². The SMILES string of the molecule is CCOc1cccc(/C=C2\SC(=O)N(CCOc3ccccc3)C2=O)c1O. The standard InChI is InChI=1S/C20H19NO5S/c1-2-25-16-10-6-7-14(18(16)22)13-17-19(23)21(20(24)27-17)11-12-26-15-8-4-3-5-9-15/h3-10,13,22H,2,11-12H2,1H3/b17-13-. The highest BCUT2D eigenvalue weighted by Crippen LogP contribution is 2.36. The van der Waals surface area contributed by atoms with Gasteiger partial charge in [0.05, 0.1) is 18.1 Å². The topological polar surface area (TPSA) is 76.1 Å². The zero-order valence-electron chi connectivity index (χ0n) is 14.8. The van der Waals surface area contributed by atoms with Gasteiger partial charge in [-0.2, -0.15) is 0 Å². The highest BCUT2D eigenvalue weighted by molar-refractivity contribution is 8.18. The third kappa shape index (κ3) is 4.43. The van der Waals surface area contributed by atoms with Crippen molar-refractivity contribution < 1.29 is 24.2 Å². The van der Waals surface area contributed by atoms with Gasteiger partial charge in [-0.15, -0.1) is 0 Å². The van der Waals surface area contributed by atoms with E-state index in [1.54, 1.807) is 18.2 Å². The minimum absolute atomic E-state index is 0.0569. The number of carbonyl (C=O) groups is 2. The lowest BCUT2D eigenvalue weighted by Crippen LogP contribution is -2.32. The zero-order valence-corrected chi connectivity index (χ0v) is 15.6. The minimum atomic E-state index is -0.400. The largest absolute Gasteiger partial charge is 0.504 e. The van der Waals surface area contributed by atoms with Gasteiger partial charge in [0.15, 0.2) is 11.5 Å². The molecule has 7 heteroatoms. The fourth-order valence-corrected chi connectivity index (χ4v) is 3.39. The molecule has 1 fully saturated rings. The van der Waals surface area contributed by atoms with Gasteiger partial charge in [0, 0.05) is 5.56 Å². The molecule has 0 aromatic heterocycles. The van der Waals surface area contributed by atoms with Crippen LogP contribution in [0.1, 0.15) is 12.5 Å². The molecule has 2 amide bonds. The van der Waals surface area contributed by atoms with Crippen molar-refractivity contribution in [2.45, 2.75) is 6.92 Å². The summed E-state index contributed by atoms with van der Waals surface area (Å²) in [6, 6.07) is 14.2. The summed E-state index contributed by atoms with van der Waals surface area (Å²) >= 11 is 0.842. The van der Waals surface area contributed by atoms with Crippen LogP contribution in [0.3, 0.4) is 0 Å². The number of nitrogens with zero attached hydrogens (tertiary/aromatic N) is 1. The van der Waals surface area contributed by atoms with Gasteiger partial charge in [-0.3, -0.25) is 14.5 Å². The smallest absolute Gasteiger partial charge is 0.293 e. The van der Waals surface area contributed by atoms with Crippen molar-refractivity contribution in [2.24, 2.45) is 0 Å². The monoisotopic (exact) mass is 385 g/mol. The van der Waals surface area contributed by atoms with Crippen LogP contribution in [0.5, 0.6) is 17.2 Å². The van der Waals surface area contributed by atoms with Gasteiger partial charge in [-0.1, -0.05) is 30.3 Å². The summed E-state index contributed by atoms with van der Waals surface area (Å²) in [7, 11) is 0. The Morgan fingerprint density at radius 1 is 1.07 bits per heavy atom. The molecular weight excluding hydrogens is 366 g/mol. The number of ether oxygens (including phenoxy) is 2. The second kappa shape index (κ2) is 8.64. The Morgan fingerprint density at radius 2 is 1.85 bits per heavy atom. The van der Waals surface area contributed by atoms with Crippen molar-refractivity contribution in [1.82, 2.24) is 4.90 Å². The molecule has 0 radical (unpaired) electrons. The molecule has 6 nitrogen and oxygen atoms in total. The first kappa shape index (κ1) is 18.8. The number of aromatic hydroxyl groups is 1. The third-order valence-electron chi connectivity index (χ3n) is 3.82. The molecule has 0 spiro atoms. The van der Waals surface area contributed by atoms with Gasteiger partial charge in [-0.05, 0) is 43.0 Å². The molecule has 27 heavy (non-hydrogen) atoms. The van der Waals surface area contributed by atoms with E-state index in [9.17, 15) is 14.7 Å². The summed E-state index contributed by atoms with van der Waals surface area (Å²) in [5, 5.41) is 9.90. The number of phenols is 1. The highest BCUT2D eigenvalue weighted by Gasteiger charge is 2.35. The van der Waals surface area contributed by atoms with Crippen molar-refractivity contribution in [3.63, 3.8) is 0 Å². The molecule has 0 saturated carbocycles. The Bertz CT molecular complexity index is 866. The van der Waals surface area contributed by atoms with E-state index < -0.39 is 5.91 Å². The number of amides is 2. The maximum Gasteiger partial charge on any atom is 0.293 e.